The highest BCUT2D eigenvalue weighted by atomic mass is 32.2. The molecule has 172 valence electrons. The molecule has 0 aliphatic carbocycles. The molecule has 0 radical (unpaired) electrons. The molecule has 8 nitrogen and oxygen atoms in total. The lowest BCUT2D eigenvalue weighted by Gasteiger charge is -2.32. The molecule has 2 fully saturated rings. The third kappa shape index (κ3) is 5.64. The van der Waals surface area contributed by atoms with Crippen LogP contribution in [0.1, 0.15) is 37.3 Å². The van der Waals surface area contributed by atoms with Crippen molar-refractivity contribution in [2.75, 3.05) is 38.5 Å². The fourth-order valence-electron chi connectivity index (χ4n) is 4.17. The Morgan fingerprint density at radius 3 is 2.58 bits per heavy atom. The SMILES string of the molecule is Cc1ccc(C)c(NC(=O)CN(C)S(=O)(=O)C2CNC(C(=O)N3CCC(C)CC3)C2)c1. The Morgan fingerprint density at radius 2 is 1.90 bits per heavy atom. The summed E-state index contributed by atoms with van der Waals surface area (Å²) in [5.74, 6) is 0.220. The van der Waals surface area contributed by atoms with Gasteiger partial charge in [-0.3, -0.25) is 9.59 Å². The van der Waals surface area contributed by atoms with Crippen molar-refractivity contribution in [3.05, 3.63) is 29.3 Å². The van der Waals surface area contributed by atoms with E-state index < -0.39 is 21.3 Å². The molecular formula is C22H34N4O4S. The van der Waals surface area contributed by atoms with Crippen molar-refractivity contribution in [2.45, 2.75) is 51.3 Å². The van der Waals surface area contributed by atoms with Crippen LogP contribution in [0.15, 0.2) is 18.2 Å². The van der Waals surface area contributed by atoms with Gasteiger partial charge in [-0.05, 0) is 56.2 Å². The Balaban J connectivity index is 1.56. The molecule has 1 aromatic rings. The van der Waals surface area contributed by atoms with Crippen LogP contribution in [-0.4, -0.2) is 74.0 Å². The fraction of sp³-hybridized carbons (Fsp3) is 0.636. The molecule has 2 atom stereocenters. The van der Waals surface area contributed by atoms with Crippen molar-refractivity contribution < 1.29 is 18.0 Å². The second-order valence-corrected chi connectivity index (χ2v) is 11.3. The third-order valence-corrected chi connectivity index (χ3v) is 8.57. The summed E-state index contributed by atoms with van der Waals surface area (Å²) in [5.41, 5.74) is 2.61. The smallest absolute Gasteiger partial charge is 0.239 e. The first-order valence-corrected chi connectivity index (χ1v) is 12.4. The summed E-state index contributed by atoms with van der Waals surface area (Å²) in [6.07, 6.45) is 2.20. The topological polar surface area (TPSA) is 98.8 Å². The molecule has 2 N–H and O–H groups in total. The fourth-order valence-corrected chi connectivity index (χ4v) is 5.72. The van der Waals surface area contributed by atoms with Crippen molar-refractivity contribution >= 4 is 27.5 Å². The number of amides is 2. The van der Waals surface area contributed by atoms with Crippen LogP contribution in [0.3, 0.4) is 0 Å². The van der Waals surface area contributed by atoms with Gasteiger partial charge in [-0.1, -0.05) is 19.1 Å². The molecule has 2 aliphatic heterocycles. The molecule has 3 rings (SSSR count). The van der Waals surface area contributed by atoms with E-state index in [4.69, 9.17) is 0 Å². The van der Waals surface area contributed by atoms with E-state index in [0.29, 0.717) is 11.6 Å². The minimum Gasteiger partial charge on any atom is -0.341 e. The minimum absolute atomic E-state index is 0.0140. The van der Waals surface area contributed by atoms with Gasteiger partial charge in [0.05, 0.1) is 17.8 Å². The highest BCUT2D eigenvalue weighted by Crippen LogP contribution is 2.23. The highest BCUT2D eigenvalue weighted by Gasteiger charge is 2.41. The number of sulfonamides is 1. The van der Waals surface area contributed by atoms with Crippen molar-refractivity contribution in [3.63, 3.8) is 0 Å². The average Bonchev–Trinajstić information content (AvgIpc) is 3.22. The predicted octanol–water partition coefficient (Wildman–Crippen LogP) is 1.49. The maximum absolute atomic E-state index is 13.0. The van der Waals surface area contributed by atoms with E-state index in [1.54, 1.807) is 0 Å². The molecule has 31 heavy (non-hydrogen) atoms. The first-order chi connectivity index (χ1) is 14.6. The van der Waals surface area contributed by atoms with E-state index in [-0.39, 0.29) is 31.3 Å². The lowest BCUT2D eigenvalue weighted by Crippen LogP contribution is -2.46. The maximum Gasteiger partial charge on any atom is 0.239 e. The second-order valence-electron chi connectivity index (χ2n) is 8.99. The van der Waals surface area contributed by atoms with Gasteiger partial charge in [0.15, 0.2) is 0 Å². The lowest BCUT2D eigenvalue weighted by atomic mass is 9.98. The Labute approximate surface area is 185 Å². The van der Waals surface area contributed by atoms with Crippen LogP contribution in [0.2, 0.25) is 0 Å². The number of benzene rings is 1. The third-order valence-electron chi connectivity index (χ3n) is 6.37. The standard InChI is InChI=1S/C22H34N4O4S/c1-15-7-9-26(10-8-15)22(28)20-12-18(13-23-20)31(29,30)25(4)14-21(27)24-19-11-16(2)5-6-17(19)3/h5-6,11,15,18,20,23H,7-10,12-14H2,1-4H3,(H,24,27). The largest absolute Gasteiger partial charge is 0.341 e. The molecule has 2 amide bonds. The molecule has 2 heterocycles. The van der Waals surface area contributed by atoms with E-state index in [1.807, 2.05) is 36.9 Å². The first-order valence-electron chi connectivity index (χ1n) is 10.9. The summed E-state index contributed by atoms with van der Waals surface area (Å²) in [7, 11) is -2.30. The van der Waals surface area contributed by atoms with Gasteiger partial charge in [-0.25, -0.2) is 8.42 Å². The molecule has 2 aliphatic rings. The zero-order chi connectivity index (χ0) is 22.8. The number of anilines is 1. The number of likely N-dealkylation sites (tertiary alicyclic amines) is 1. The van der Waals surface area contributed by atoms with E-state index in [0.717, 1.165) is 41.4 Å². The van der Waals surface area contributed by atoms with Gasteiger partial charge in [0.25, 0.3) is 0 Å². The second kappa shape index (κ2) is 9.67. The van der Waals surface area contributed by atoms with Gasteiger partial charge in [0.2, 0.25) is 21.8 Å². The number of hydrogen-bond donors (Lipinski definition) is 2. The lowest BCUT2D eigenvalue weighted by molar-refractivity contribution is -0.134. The Hall–Kier alpha value is -1.97. The van der Waals surface area contributed by atoms with Crippen LogP contribution in [0.5, 0.6) is 0 Å². The summed E-state index contributed by atoms with van der Waals surface area (Å²) in [6, 6.07) is 5.25. The molecule has 0 bridgehead atoms. The molecule has 0 saturated carbocycles. The van der Waals surface area contributed by atoms with Crippen molar-refractivity contribution in [1.29, 1.82) is 0 Å². The monoisotopic (exact) mass is 450 g/mol. The number of piperidine rings is 1. The van der Waals surface area contributed by atoms with E-state index in [1.165, 1.54) is 7.05 Å². The van der Waals surface area contributed by atoms with E-state index in [2.05, 4.69) is 17.6 Å². The molecule has 0 spiro atoms. The van der Waals surface area contributed by atoms with E-state index >= 15 is 0 Å². The molecular weight excluding hydrogens is 416 g/mol. The quantitative estimate of drug-likeness (QED) is 0.684. The molecule has 1 aromatic carbocycles. The van der Waals surface area contributed by atoms with Crippen LogP contribution >= 0.6 is 0 Å². The Bertz CT molecular complexity index is 925. The van der Waals surface area contributed by atoms with Crippen LogP contribution < -0.4 is 10.6 Å². The Kier molecular flexibility index (Phi) is 7.39. The summed E-state index contributed by atoms with van der Waals surface area (Å²) >= 11 is 0. The summed E-state index contributed by atoms with van der Waals surface area (Å²) in [6.45, 7) is 7.41. The summed E-state index contributed by atoms with van der Waals surface area (Å²) < 4.78 is 27.1. The van der Waals surface area contributed by atoms with Crippen LogP contribution in [0.25, 0.3) is 0 Å². The first kappa shape index (κ1) is 23.7. The van der Waals surface area contributed by atoms with Gasteiger partial charge < -0.3 is 15.5 Å². The zero-order valence-corrected chi connectivity index (χ0v) is 19.7. The highest BCUT2D eigenvalue weighted by molar-refractivity contribution is 7.89. The van der Waals surface area contributed by atoms with Crippen LogP contribution in [0, 0.1) is 19.8 Å². The van der Waals surface area contributed by atoms with Crippen LogP contribution in [0.4, 0.5) is 5.69 Å². The molecule has 0 aromatic heterocycles. The number of likely N-dealkylation sites (N-methyl/N-ethyl adjacent to an activating group) is 1. The Morgan fingerprint density at radius 1 is 1.23 bits per heavy atom. The van der Waals surface area contributed by atoms with Gasteiger partial charge in [0, 0.05) is 32.4 Å². The number of hydrogen-bond acceptors (Lipinski definition) is 5. The average molecular weight is 451 g/mol. The molecule has 2 saturated heterocycles. The number of carbonyl (C=O) groups is 2. The van der Waals surface area contributed by atoms with Crippen LogP contribution in [-0.2, 0) is 19.6 Å². The summed E-state index contributed by atoms with van der Waals surface area (Å²) in [5, 5.41) is 5.16. The number of nitrogens with zero attached hydrogens (tertiary/aromatic N) is 2. The van der Waals surface area contributed by atoms with E-state index in [9.17, 15) is 18.0 Å². The van der Waals surface area contributed by atoms with Crippen molar-refractivity contribution in [1.82, 2.24) is 14.5 Å². The zero-order valence-electron chi connectivity index (χ0n) is 18.8. The predicted molar refractivity (Wildman–Crippen MR) is 121 cm³/mol. The number of rotatable bonds is 6. The number of nitrogens with one attached hydrogen (secondary N) is 2. The molecule has 2 unspecified atom stereocenters. The minimum atomic E-state index is -3.71. The van der Waals surface area contributed by atoms with Gasteiger partial charge in [-0.2, -0.15) is 4.31 Å². The maximum atomic E-state index is 13.0. The molecule has 9 heteroatoms. The summed E-state index contributed by atoms with van der Waals surface area (Å²) in [4.78, 5) is 27.1. The number of carbonyl (C=O) groups excluding carboxylic acids is 2. The van der Waals surface area contributed by atoms with Gasteiger partial charge in [0.1, 0.15) is 0 Å². The normalized spacial score (nSPS) is 22.7. The number of aryl methyl sites for hydroxylation is 2. The van der Waals surface area contributed by atoms with Gasteiger partial charge >= 0.3 is 0 Å². The van der Waals surface area contributed by atoms with Gasteiger partial charge in [-0.15, -0.1) is 0 Å². The van der Waals surface area contributed by atoms with Crippen molar-refractivity contribution in [2.24, 2.45) is 5.92 Å². The van der Waals surface area contributed by atoms with Crippen molar-refractivity contribution in [3.8, 4) is 0 Å².